The van der Waals surface area contributed by atoms with Gasteiger partial charge in [-0.15, -0.1) is 9.42 Å². The average Bonchev–Trinajstić information content (AvgIpc) is 2.12. The molecule has 0 amide bonds. The Morgan fingerprint density at radius 3 is 3.00 bits per heavy atom. The monoisotopic (exact) mass is 221 g/mol. The second kappa shape index (κ2) is 5.21. The molecule has 0 aromatic rings. The molecule has 1 heterocycles. The predicted octanol–water partition coefficient (Wildman–Crippen LogP) is -0.531. The van der Waals surface area contributed by atoms with Gasteiger partial charge in [0, 0.05) is 24.2 Å². The minimum absolute atomic E-state index is 0.127. The number of guanidine groups is 1. The molecule has 1 atom stereocenters. The molecule has 14 heavy (non-hydrogen) atoms. The molecule has 4 N–H and O–H groups in total. The van der Waals surface area contributed by atoms with E-state index >= 15 is 0 Å². The quantitative estimate of drug-likeness (QED) is 0.435. The molecular weight excluding hydrogens is 207 g/mol. The lowest BCUT2D eigenvalue weighted by Crippen LogP contribution is -2.53. The molecule has 1 fully saturated rings. The van der Waals surface area contributed by atoms with Crippen LogP contribution in [0.4, 0.5) is 0 Å². The first kappa shape index (κ1) is 11.3. The second-order valence-corrected chi connectivity index (χ2v) is 3.66. The highest BCUT2D eigenvalue weighted by Crippen LogP contribution is 2.14. The maximum Gasteiger partial charge on any atom is 0.694 e. The zero-order valence-corrected chi connectivity index (χ0v) is 8.61. The number of rotatable bonds is 4. The van der Waals surface area contributed by atoms with Crippen LogP contribution >= 0.6 is 8.25 Å². The van der Waals surface area contributed by atoms with Crippen LogP contribution in [0.5, 0.6) is 0 Å². The van der Waals surface area contributed by atoms with Crippen molar-refractivity contribution in [3.8, 4) is 0 Å². The second-order valence-electron chi connectivity index (χ2n) is 2.93. The summed E-state index contributed by atoms with van der Waals surface area (Å²) in [5.74, 6) is 5.75. The van der Waals surface area contributed by atoms with E-state index in [2.05, 4.69) is 4.52 Å². The van der Waals surface area contributed by atoms with Crippen molar-refractivity contribution in [2.45, 2.75) is 6.42 Å². The van der Waals surface area contributed by atoms with Crippen LogP contribution in [0.25, 0.3) is 0 Å². The fraction of sp³-hybridized carbons (Fsp3) is 0.833. The maximum absolute atomic E-state index is 10.2. The summed E-state index contributed by atoms with van der Waals surface area (Å²) in [6, 6.07) is 0. The van der Waals surface area contributed by atoms with Gasteiger partial charge in [-0.05, 0) is 6.42 Å². The van der Waals surface area contributed by atoms with Gasteiger partial charge >= 0.3 is 8.25 Å². The van der Waals surface area contributed by atoms with Crippen LogP contribution in [-0.4, -0.2) is 47.0 Å². The van der Waals surface area contributed by atoms with E-state index in [1.807, 2.05) is 0 Å². The maximum atomic E-state index is 10.2. The third-order valence-electron chi connectivity index (χ3n) is 1.96. The summed E-state index contributed by atoms with van der Waals surface area (Å²) in [5, 5.41) is 8.92. The summed E-state index contributed by atoms with van der Waals surface area (Å²) in [6.45, 7) is 1.94. The van der Waals surface area contributed by atoms with Gasteiger partial charge in [0.05, 0.1) is 0 Å². The molecule has 0 bridgehead atoms. The van der Waals surface area contributed by atoms with Crippen molar-refractivity contribution in [1.29, 1.82) is 5.41 Å². The number of nitrogens with one attached hydrogen (secondary N) is 1. The molecule has 0 aromatic heterocycles. The standard InChI is InChI=1S/C6H13N4O3P/c7-6-9(2-1-3-10(6)8)4-5-13-14(11)12/h7H,1-5,8H2/p+1. The molecule has 1 saturated heterocycles. The molecule has 0 radical (unpaired) electrons. The van der Waals surface area contributed by atoms with Crippen LogP contribution in [0.3, 0.4) is 0 Å². The minimum atomic E-state index is -2.54. The molecule has 1 rings (SSSR count). The number of hydrogen-bond acceptors (Lipinski definition) is 4. The summed E-state index contributed by atoms with van der Waals surface area (Å²) >= 11 is 0. The van der Waals surface area contributed by atoms with E-state index in [4.69, 9.17) is 16.1 Å². The predicted molar refractivity (Wildman–Crippen MR) is 50.6 cm³/mol. The topological polar surface area (TPSA) is 103 Å². The van der Waals surface area contributed by atoms with Crippen molar-refractivity contribution < 1.29 is 14.0 Å². The number of nitrogens with two attached hydrogens (primary N) is 1. The van der Waals surface area contributed by atoms with Gasteiger partial charge in [0.15, 0.2) is 0 Å². The first-order valence-corrected chi connectivity index (χ1v) is 5.39. The van der Waals surface area contributed by atoms with Crippen LogP contribution in [-0.2, 0) is 9.09 Å². The largest absolute Gasteiger partial charge is 0.694 e. The van der Waals surface area contributed by atoms with Crippen LogP contribution in [0.15, 0.2) is 0 Å². The van der Waals surface area contributed by atoms with Gasteiger partial charge in [-0.2, -0.15) is 0 Å². The molecule has 0 aromatic carbocycles. The molecule has 0 saturated carbocycles. The Balaban J connectivity index is 2.29. The Hall–Kier alpha value is -0.750. The zero-order valence-electron chi connectivity index (χ0n) is 7.72. The highest BCUT2D eigenvalue weighted by atomic mass is 31.1. The van der Waals surface area contributed by atoms with Crippen LogP contribution in [0.1, 0.15) is 6.42 Å². The van der Waals surface area contributed by atoms with E-state index in [1.165, 1.54) is 5.01 Å². The third-order valence-corrected chi connectivity index (χ3v) is 2.37. The van der Waals surface area contributed by atoms with Gasteiger partial charge in [-0.25, -0.2) is 5.84 Å². The molecule has 1 aliphatic rings. The lowest BCUT2D eigenvalue weighted by atomic mass is 10.3. The highest BCUT2D eigenvalue weighted by molar-refractivity contribution is 7.32. The normalized spacial score (nSPS) is 18.7. The molecule has 7 nitrogen and oxygen atoms in total. The molecule has 0 aliphatic carbocycles. The summed E-state index contributed by atoms with van der Waals surface area (Å²) in [6.07, 6.45) is 0.879. The lowest BCUT2D eigenvalue weighted by Gasteiger charge is -2.34. The lowest BCUT2D eigenvalue weighted by molar-refractivity contribution is 0.208. The van der Waals surface area contributed by atoms with Crippen molar-refractivity contribution in [3.05, 3.63) is 0 Å². The molecule has 1 aliphatic heterocycles. The van der Waals surface area contributed by atoms with E-state index in [1.54, 1.807) is 4.90 Å². The Kier molecular flexibility index (Phi) is 4.21. The number of nitrogens with zero attached hydrogens (tertiary/aromatic N) is 2. The van der Waals surface area contributed by atoms with E-state index in [0.29, 0.717) is 13.1 Å². The summed E-state index contributed by atoms with van der Waals surface area (Å²) in [5.41, 5.74) is 0. The fourth-order valence-corrected chi connectivity index (χ4v) is 1.51. The SMILES string of the molecule is N=C1N(N)CCCN1CCO[P+](=O)O. The highest BCUT2D eigenvalue weighted by Gasteiger charge is 2.21. The fourth-order valence-electron chi connectivity index (χ4n) is 1.27. The molecule has 1 unspecified atom stereocenters. The minimum Gasteiger partial charge on any atom is -0.339 e. The average molecular weight is 221 g/mol. The molecule has 8 heteroatoms. The van der Waals surface area contributed by atoms with Crippen LogP contribution < -0.4 is 5.84 Å². The van der Waals surface area contributed by atoms with E-state index in [9.17, 15) is 4.57 Å². The first-order chi connectivity index (χ1) is 6.61. The Morgan fingerprint density at radius 1 is 1.64 bits per heavy atom. The van der Waals surface area contributed by atoms with Crippen molar-refractivity contribution in [1.82, 2.24) is 9.91 Å². The van der Waals surface area contributed by atoms with Gasteiger partial charge in [-0.1, -0.05) is 0 Å². The van der Waals surface area contributed by atoms with Crippen molar-refractivity contribution in [2.75, 3.05) is 26.2 Å². The van der Waals surface area contributed by atoms with Crippen molar-refractivity contribution in [3.63, 3.8) is 0 Å². The number of hydrazine groups is 1. The van der Waals surface area contributed by atoms with Gasteiger partial charge in [0.1, 0.15) is 6.61 Å². The molecule has 80 valence electrons. The van der Waals surface area contributed by atoms with Crippen molar-refractivity contribution >= 4 is 14.2 Å². The van der Waals surface area contributed by atoms with Gasteiger partial charge in [0.25, 0.3) is 0 Å². The third kappa shape index (κ3) is 3.19. The molecule has 0 spiro atoms. The Morgan fingerprint density at radius 2 is 2.36 bits per heavy atom. The van der Waals surface area contributed by atoms with Gasteiger partial charge in [-0.3, -0.25) is 10.4 Å². The zero-order chi connectivity index (χ0) is 10.6. The summed E-state index contributed by atoms with van der Waals surface area (Å²) in [4.78, 5) is 10.1. The van der Waals surface area contributed by atoms with E-state index in [0.717, 1.165) is 13.0 Å². The molecular formula is C6H14N4O3P+. The van der Waals surface area contributed by atoms with E-state index < -0.39 is 8.25 Å². The summed E-state index contributed by atoms with van der Waals surface area (Å²) < 4.78 is 14.7. The number of hydrogen-bond donors (Lipinski definition) is 3. The van der Waals surface area contributed by atoms with E-state index in [-0.39, 0.29) is 12.6 Å². The summed E-state index contributed by atoms with van der Waals surface area (Å²) in [7, 11) is -2.54. The van der Waals surface area contributed by atoms with Crippen molar-refractivity contribution in [2.24, 2.45) is 5.84 Å². The van der Waals surface area contributed by atoms with Gasteiger partial charge < -0.3 is 4.90 Å². The Labute approximate surface area is 82.9 Å². The first-order valence-electron chi connectivity index (χ1n) is 4.26. The van der Waals surface area contributed by atoms with Gasteiger partial charge in [0.2, 0.25) is 5.96 Å². The Bertz CT molecular complexity index is 237. The van der Waals surface area contributed by atoms with Crippen LogP contribution in [0.2, 0.25) is 0 Å². The smallest absolute Gasteiger partial charge is 0.339 e. The van der Waals surface area contributed by atoms with Crippen LogP contribution in [0, 0.1) is 5.41 Å².